The minimum absolute atomic E-state index is 0. The molecule has 2 heterocycles. The van der Waals surface area contributed by atoms with Crippen LogP contribution in [0.2, 0.25) is 0 Å². The third-order valence-electron chi connectivity index (χ3n) is 3.96. The van der Waals surface area contributed by atoms with Gasteiger partial charge in [-0.3, -0.25) is 9.58 Å². The molecule has 0 spiro atoms. The normalized spacial score (nSPS) is 15.8. The van der Waals surface area contributed by atoms with E-state index in [2.05, 4.69) is 32.5 Å². The number of nitrogens with zero attached hydrogens (tertiary/aromatic N) is 4. The molecule has 0 radical (unpaired) electrons. The van der Waals surface area contributed by atoms with Crippen molar-refractivity contribution in [3.05, 3.63) is 18.0 Å². The highest BCUT2D eigenvalue weighted by molar-refractivity contribution is 14.0. The summed E-state index contributed by atoms with van der Waals surface area (Å²) >= 11 is 0. The zero-order valence-electron chi connectivity index (χ0n) is 14.8. The summed E-state index contributed by atoms with van der Waals surface area (Å²) < 4.78 is 7.22. The van der Waals surface area contributed by atoms with Crippen molar-refractivity contribution in [1.82, 2.24) is 25.3 Å². The van der Waals surface area contributed by atoms with Gasteiger partial charge in [0.1, 0.15) is 0 Å². The average molecular weight is 450 g/mol. The van der Waals surface area contributed by atoms with Crippen LogP contribution in [0.5, 0.6) is 0 Å². The van der Waals surface area contributed by atoms with Crippen LogP contribution in [0.1, 0.15) is 25.5 Å². The predicted molar refractivity (Wildman–Crippen MR) is 108 cm³/mol. The molecule has 1 aliphatic rings. The number of unbranched alkanes of at least 4 members (excludes halogenated alkanes) is 1. The zero-order chi connectivity index (χ0) is 16.3. The first-order chi connectivity index (χ1) is 11.3. The van der Waals surface area contributed by atoms with E-state index in [0.717, 1.165) is 64.0 Å². The van der Waals surface area contributed by atoms with Crippen molar-refractivity contribution < 1.29 is 4.74 Å². The zero-order valence-corrected chi connectivity index (χ0v) is 17.2. The Bertz CT molecular complexity index is 473. The van der Waals surface area contributed by atoms with Gasteiger partial charge in [0.15, 0.2) is 5.96 Å². The monoisotopic (exact) mass is 450 g/mol. The van der Waals surface area contributed by atoms with Crippen LogP contribution in [0, 0.1) is 0 Å². The molecule has 7 nitrogen and oxygen atoms in total. The van der Waals surface area contributed by atoms with Gasteiger partial charge in [0.2, 0.25) is 0 Å². The lowest BCUT2D eigenvalue weighted by molar-refractivity contribution is 0.0372. The van der Waals surface area contributed by atoms with Crippen LogP contribution in [-0.2, 0) is 18.3 Å². The lowest BCUT2D eigenvalue weighted by Crippen LogP contribution is -2.39. The molecule has 2 N–H and O–H groups in total. The molecule has 24 heavy (non-hydrogen) atoms. The maximum Gasteiger partial charge on any atom is 0.191 e. The Balaban J connectivity index is 0.00000288. The summed E-state index contributed by atoms with van der Waals surface area (Å²) in [5.41, 5.74) is 1.11. The van der Waals surface area contributed by atoms with E-state index >= 15 is 0 Å². The molecule has 0 amide bonds. The van der Waals surface area contributed by atoms with Gasteiger partial charge in [0, 0.05) is 39.4 Å². The maximum absolute atomic E-state index is 5.37. The Labute approximate surface area is 162 Å². The van der Waals surface area contributed by atoms with Crippen LogP contribution >= 0.6 is 24.0 Å². The van der Waals surface area contributed by atoms with E-state index in [-0.39, 0.29) is 24.0 Å². The molecule has 8 heteroatoms. The molecule has 1 aromatic rings. The van der Waals surface area contributed by atoms with Crippen LogP contribution in [0.4, 0.5) is 0 Å². The van der Waals surface area contributed by atoms with Crippen molar-refractivity contribution in [2.24, 2.45) is 12.0 Å². The second kappa shape index (κ2) is 12.5. The van der Waals surface area contributed by atoms with Crippen molar-refractivity contribution in [2.75, 3.05) is 45.9 Å². The number of hydrogen-bond donors (Lipinski definition) is 2. The Morgan fingerprint density at radius 2 is 2.08 bits per heavy atom. The lowest BCUT2D eigenvalue weighted by atomic mass is 10.3. The molecule has 138 valence electrons. The van der Waals surface area contributed by atoms with E-state index in [1.165, 1.54) is 6.42 Å². The molecular formula is C16H31IN6O. The fourth-order valence-electron chi connectivity index (χ4n) is 2.55. The van der Waals surface area contributed by atoms with Crippen LogP contribution < -0.4 is 10.6 Å². The Morgan fingerprint density at radius 1 is 1.29 bits per heavy atom. The SMILES string of the molecule is CCNC(=NCc1ccnn1C)NCCCCN1CCOCC1.I. The second-order valence-electron chi connectivity index (χ2n) is 5.73. The van der Waals surface area contributed by atoms with Gasteiger partial charge in [-0.2, -0.15) is 5.10 Å². The Hall–Kier alpha value is -0.870. The van der Waals surface area contributed by atoms with Crippen molar-refractivity contribution in [3.63, 3.8) is 0 Å². The molecule has 0 unspecified atom stereocenters. The van der Waals surface area contributed by atoms with E-state index in [9.17, 15) is 0 Å². The second-order valence-corrected chi connectivity index (χ2v) is 5.73. The fourth-order valence-corrected chi connectivity index (χ4v) is 2.55. The molecule has 0 atom stereocenters. The van der Waals surface area contributed by atoms with Crippen LogP contribution in [0.15, 0.2) is 17.3 Å². The van der Waals surface area contributed by atoms with Crippen LogP contribution in [-0.4, -0.2) is 66.6 Å². The number of guanidine groups is 1. The van der Waals surface area contributed by atoms with Crippen LogP contribution in [0.25, 0.3) is 0 Å². The van der Waals surface area contributed by atoms with Gasteiger partial charge in [-0.15, -0.1) is 24.0 Å². The van der Waals surface area contributed by atoms with E-state index in [1.54, 1.807) is 6.20 Å². The molecule has 0 aliphatic carbocycles. The topological polar surface area (TPSA) is 66.7 Å². The molecule has 1 aromatic heterocycles. The van der Waals surface area contributed by atoms with E-state index in [1.807, 2.05) is 17.8 Å². The summed E-state index contributed by atoms with van der Waals surface area (Å²) in [6.45, 7) is 9.59. The van der Waals surface area contributed by atoms with Crippen molar-refractivity contribution in [2.45, 2.75) is 26.3 Å². The van der Waals surface area contributed by atoms with Gasteiger partial charge in [-0.05, 0) is 32.4 Å². The molecule has 1 saturated heterocycles. The third kappa shape index (κ3) is 7.80. The van der Waals surface area contributed by atoms with Gasteiger partial charge >= 0.3 is 0 Å². The number of morpholine rings is 1. The van der Waals surface area contributed by atoms with E-state index in [0.29, 0.717) is 6.54 Å². The number of rotatable bonds is 8. The van der Waals surface area contributed by atoms with Crippen LogP contribution in [0.3, 0.4) is 0 Å². The summed E-state index contributed by atoms with van der Waals surface area (Å²) in [5.74, 6) is 0.875. The summed E-state index contributed by atoms with van der Waals surface area (Å²) in [6, 6.07) is 2.00. The highest BCUT2D eigenvalue weighted by Crippen LogP contribution is 2.00. The molecule has 1 aliphatic heterocycles. The van der Waals surface area contributed by atoms with Crippen molar-refractivity contribution >= 4 is 29.9 Å². The number of aromatic nitrogens is 2. The summed E-state index contributed by atoms with van der Waals surface area (Å²) in [4.78, 5) is 7.09. The van der Waals surface area contributed by atoms with E-state index in [4.69, 9.17) is 4.74 Å². The molecule has 0 saturated carbocycles. The van der Waals surface area contributed by atoms with Gasteiger partial charge in [-0.1, -0.05) is 0 Å². The Morgan fingerprint density at radius 3 is 2.75 bits per heavy atom. The number of aryl methyl sites for hydroxylation is 1. The van der Waals surface area contributed by atoms with Crippen molar-refractivity contribution in [3.8, 4) is 0 Å². The first-order valence-electron chi connectivity index (χ1n) is 8.58. The lowest BCUT2D eigenvalue weighted by Gasteiger charge is -2.26. The molecule has 0 aromatic carbocycles. The third-order valence-corrected chi connectivity index (χ3v) is 3.96. The Kier molecular flexibility index (Phi) is 11.0. The summed E-state index contributed by atoms with van der Waals surface area (Å²) in [6.07, 6.45) is 4.15. The first-order valence-corrected chi connectivity index (χ1v) is 8.58. The number of ether oxygens (including phenoxy) is 1. The minimum Gasteiger partial charge on any atom is -0.379 e. The number of nitrogens with one attached hydrogen (secondary N) is 2. The molecular weight excluding hydrogens is 419 g/mol. The summed E-state index contributed by atoms with van der Waals surface area (Å²) in [5, 5.41) is 10.9. The highest BCUT2D eigenvalue weighted by atomic mass is 127. The molecule has 0 bridgehead atoms. The first kappa shape index (κ1) is 21.2. The number of hydrogen-bond acceptors (Lipinski definition) is 4. The number of halogens is 1. The standard InChI is InChI=1S/C16H30N6O.HI/c1-3-17-16(19-14-15-6-8-20-21(15)2)18-7-4-5-9-22-10-12-23-13-11-22;/h6,8H,3-5,7,9-14H2,1-2H3,(H2,17,18,19);1H. The summed E-state index contributed by atoms with van der Waals surface area (Å²) in [7, 11) is 1.94. The minimum atomic E-state index is 0. The van der Waals surface area contributed by atoms with Gasteiger partial charge < -0.3 is 15.4 Å². The van der Waals surface area contributed by atoms with Gasteiger partial charge in [0.05, 0.1) is 25.5 Å². The van der Waals surface area contributed by atoms with Gasteiger partial charge in [-0.25, -0.2) is 4.99 Å². The quantitative estimate of drug-likeness (QED) is 0.270. The van der Waals surface area contributed by atoms with Crippen molar-refractivity contribution in [1.29, 1.82) is 0 Å². The number of aliphatic imine (C=N–C) groups is 1. The largest absolute Gasteiger partial charge is 0.379 e. The molecule has 1 fully saturated rings. The fraction of sp³-hybridized carbons (Fsp3) is 0.750. The maximum atomic E-state index is 5.37. The molecule has 2 rings (SSSR count). The van der Waals surface area contributed by atoms with Gasteiger partial charge in [0.25, 0.3) is 0 Å². The highest BCUT2D eigenvalue weighted by Gasteiger charge is 2.09. The van der Waals surface area contributed by atoms with E-state index < -0.39 is 0 Å². The average Bonchev–Trinajstić information content (AvgIpc) is 2.98. The smallest absolute Gasteiger partial charge is 0.191 e. The predicted octanol–water partition coefficient (Wildman–Crippen LogP) is 1.21.